The molecular weight excluding hydrogens is 275 g/mol. The van der Waals surface area contributed by atoms with E-state index in [1.807, 2.05) is 14.0 Å². The van der Waals surface area contributed by atoms with Gasteiger partial charge in [-0.3, -0.25) is 4.79 Å². The van der Waals surface area contributed by atoms with Crippen LogP contribution in [0.5, 0.6) is 5.75 Å². The molecule has 0 aliphatic carbocycles. The van der Waals surface area contributed by atoms with E-state index >= 15 is 0 Å². The van der Waals surface area contributed by atoms with Crippen LogP contribution in [0.1, 0.15) is 6.92 Å². The highest BCUT2D eigenvalue weighted by Crippen LogP contribution is 2.27. The third-order valence-electron chi connectivity index (χ3n) is 2.38. The van der Waals surface area contributed by atoms with Crippen molar-refractivity contribution in [1.82, 2.24) is 5.32 Å². The fraction of sp³-hybridized carbons (Fsp3) is 0.417. The number of ether oxygens (including phenoxy) is 1. The number of benzene rings is 1. The molecule has 1 amide bonds. The van der Waals surface area contributed by atoms with Crippen molar-refractivity contribution in [2.45, 2.75) is 6.92 Å². The summed E-state index contributed by atoms with van der Waals surface area (Å²) >= 11 is 5.90. The number of rotatable bonds is 5. The molecule has 0 radical (unpaired) electrons. The topological polar surface area (TPSA) is 50.4 Å². The largest absolute Gasteiger partial charge is 0.495 e. The van der Waals surface area contributed by atoms with Gasteiger partial charge in [0, 0.05) is 24.2 Å². The zero-order chi connectivity index (χ0) is 12.8. The summed E-state index contributed by atoms with van der Waals surface area (Å²) in [7, 11) is 3.35. The van der Waals surface area contributed by atoms with Crippen LogP contribution in [0.2, 0.25) is 5.02 Å². The fourth-order valence-electron chi connectivity index (χ4n) is 1.40. The van der Waals surface area contributed by atoms with Crippen LogP contribution in [0, 0.1) is 5.92 Å². The predicted molar refractivity (Wildman–Crippen MR) is 77.0 cm³/mol. The van der Waals surface area contributed by atoms with Gasteiger partial charge < -0.3 is 15.4 Å². The van der Waals surface area contributed by atoms with E-state index in [1.54, 1.807) is 18.2 Å². The monoisotopic (exact) mass is 292 g/mol. The standard InChI is InChI=1S/C12H17ClN2O2.ClH/c1-8(7-14-2)12(16)15-9-4-5-10(13)11(6-9)17-3;/h4-6,8,14H,7H2,1-3H3,(H,15,16);1H. The third-order valence-corrected chi connectivity index (χ3v) is 2.69. The second-order valence-electron chi connectivity index (χ2n) is 3.80. The average Bonchev–Trinajstić information content (AvgIpc) is 2.31. The molecule has 4 nitrogen and oxygen atoms in total. The Bertz CT molecular complexity index is 400. The van der Waals surface area contributed by atoms with Gasteiger partial charge in [-0.2, -0.15) is 0 Å². The lowest BCUT2D eigenvalue weighted by Gasteiger charge is -2.12. The van der Waals surface area contributed by atoms with Gasteiger partial charge in [0.05, 0.1) is 12.1 Å². The first-order chi connectivity index (χ1) is 8.08. The molecule has 0 fully saturated rings. The molecule has 0 aliphatic rings. The van der Waals surface area contributed by atoms with E-state index in [1.165, 1.54) is 7.11 Å². The first-order valence-corrected chi connectivity index (χ1v) is 5.75. The van der Waals surface area contributed by atoms with Gasteiger partial charge in [0.15, 0.2) is 0 Å². The highest BCUT2D eigenvalue weighted by atomic mass is 35.5. The zero-order valence-corrected chi connectivity index (χ0v) is 12.2. The number of methoxy groups -OCH3 is 1. The summed E-state index contributed by atoms with van der Waals surface area (Å²) in [5, 5.41) is 6.29. The van der Waals surface area contributed by atoms with Crippen molar-refractivity contribution in [2.75, 3.05) is 26.0 Å². The van der Waals surface area contributed by atoms with Gasteiger partial charge in [0.1, 0.15) is 5.75 Å². The van der Waals surface area contributed by atoms with Crippen LogP contribution in [-0.2, 0) is 4.79 Å². The Hall–Kier alpha value is -0.970. The molecule has 1 aromatic carbocycles. The summed E-state index contributed by atoms with van der Waals surface area (Å²) < 4.78 is 5.08. The van der Waals surface area contributed by atoms with Crippen LogP contribution in [0.15, 0.2) is 18.2 Å². The Morgan fingerprint density at radius 3 is 2.72 bits per heavy atom. The molecule has 1 aromatic rings. The first-order valence-electron chi connectivity index (χ1n) is 5.37. The maximum Gasteiger partial charge on any atom is 0.228 e. The number of amides is 1. The van der Waals surface area contributed by atoms with Gasteiger partial charge in [-0.1, -0.05) is 18.5 Å². The molecule has 18 heavy (non-hydrogen) atoms. The minimum absolute atomic E-state index is 0. The van der Waals surface area contributed by atoms with Gasteiger partial charge in [0.2, 0.25) is 5.91 Å². The number of nitrogens with one attached hydrogen (secondary N) is 2. The average molecular weight is 293 g/mol. The van der Waals surface area contributed by atoms with Crippen molar-refractivity contribution >= 4 is 35.6 Å². The maximum atomic E-state index is 11.8. The highest BCUT2D eigenvalue weighted by molar-refractivity contribution is 6.32. The SMILES string of the molecule is CNCC(C)C(=O)Nc1ccc(Cl)c(OC)c1.Cl. The van der Waals surface area contributed by atoms with Gasteiger partial charge >= 0.3 is 0 Å². The summed E-state index contributed by atoms with van der Waals surface area (Å²) in [5.41, 5.74) is 0.680. The molecule has 0 aromatic heterocycles. The molecule has 0 bridgehead atoms. The molecule has 102 valence electrons. The summed E-state index contributed by atoms with van der Waals surface area (Å²) in [5.74, 6) is 0.413. The Kier molecular flexibility index (Phi) is 7.75. The number of carbonyl (C=O) groups excluding carboxylic acids is 1. The van der Waals surface area contributed by atoms with E-state index in [0.717, 1.165) is 0 Å². The van der Waals surface area contributed by atoms with Gasteiger partial charge in [0.25, 0.3) is 0 Å². The molecule has 1 atom stereocenters. The van der Waals surface area contributed by atoms with Gasteiger partial charge in [-0.25, -0.2) is 0 Å². The molecule has 1 rings (SSSR count). The molecule has 2 N–H and O–H groups in total. The van der Waals surface area contributed by atoms with Crippen molar-refractivity contribution in [3.05, 3.63) is 23.2 Å². The summed E-state index contributed by atoms with van der Waals surface area (Å²) in [4.78, 5) is 11.8. The van der Waals surface area contributed by atoms with Gasteiger partial charge in [-0.15, -0.1) is 12.4 Å². The van der Waals surface area contributed by atoms with E-state index in [4.69, 9.17) is 16.3 Å². The van der Waals surface area contributed by atoms with Crippen LogP contribution >= 0.6 is 24.0 Å². The Balaban J connectivity index is 0.00000289. The highest BCUT2D eigenvalue weighted by Gasteiger charge is 2.12. The number of hydrogen-bond acceptors (Lipinski definition) is 3. The number of carbonyl (C=O) groups is 1. The maximum absolute atomic E-state index is 11.8. The van der Waals surface area contributed by atoms with Crippen molar-refractivity contribution in [1.29, 1.82) is 0 Å². The molecule has 0 heterocycles. The minimum Gasteiger partial charge on any atom is -0.495 e. The minimum atomic E-state index is -0.0957. The molecule has 0 saturated carbocycles. The van der Waals surface area contributed by atoms with E-state index in [0.29, 0.717) is 23.0 Å². The normalized spacial score (nSPS) is 11.3. The Morgan fingerprint density at radius 2 is 2.17 bits per heavy atom. The van der Waals surface area contributed by atoms with Crippen LogP contribution < -0.4 is 15.4 Å². The second kappa shape index (κ2) is 8.19. The lowest BCUT2D eigenvalue weighted by atomic mass is 10.1. The predicted octanol–water partition coefficient (Wildman–Crippen LogP) is 2.56. The lowest BCUT2D eigenvalue weighted by Crippen LogP contribution is -2.28. The number of anilines is 1. The Morgan fingerprint density at radius 1 is 1.50 bits per heavy atom. The summed E-state index contributed by atoms with van der Waals surface area (Å²) in [6, 6.07) is 5.14. The number of hydrogen-bond donors (Lipinski definition) is 2. The quantitative estimate of drug-likeness (QED) is 0.877. The van der Waals surface area contributed by atoms with Crippen molar-refractivity contribution < 1.29 is 9.53 Å². The van der Waals surface area contributed by atoms with Crippen molar-refractivity contribution in [3.63, 3.8) is 0 Å². The van der Waals surface area contributed by atoms with E-state index in [-0.39, 0.29) is 24.2 Å². The number of halogens is 2. The lowest BCUT2D eigenvalue weighted by molar-refractivity contribution is -0.119. The second-order valence-corrected chi connectivity index (χ2v) is 4.20. The van der Waals surface area contributed by atoms with Crippen LogP contribution in [0.3, 0.4) is 0 Å². The molecular formula is C12H18Cl2N2O2. The van der Waals surface area contributed by atoms with Crippen molar-refractivity contribution in [3.8, 4) is 5.75 Å². The van der Waals surface area contributed by atoms with E-state index in [9.17, 15) is 4.79 Å². The zero-order valence-electron chi connectivity index (χ0n) is 10.6. The van der Waals surface area contributed by atoms with Crippen molar-refractivity contribution in [2.24, 2.45) is 5.92 Å². The summed E-state index contributed by atoms with van der Waals surface area (Å²) in [6.07, 6.45) is 0. The Labute approximate surface area is 118 Å². The first kappa shape index (κ1) is 17.0. The van der Waals surface area contributed by atoms with E-state index < -0.39 is 0 Å². The molecule has 0 saturated heterocycles. The van der Waals surface area contributed by atoms with Crippen LogP contribution in [-0.4, -0.2) is 26.6 Å². The van der Waals surface area contributed by atoms with Crippen LogP contribution in [0.25, 0.3) is 0 Å². The van der Waals surface area contributed by atoms with Gasteiger partial charge in [-0.05, 0) is 19.2 Å². The molecule has 0 spiro atoms. The molecule has 0 aliphatic heterocycles. The fourth-order valence-corrected chi connectivity index (χ4v) is 1.60. The van der Waals surface area contributed by atoms with E-state index in [2.05, 4.69) is 10.6 Å². The summed E-state index contributed by atoms with van der Waals surface area (Å²) in [6.45, 7) is 2.50. The molecule has 1 unspecified atom stereocenters. The molecule has 6 heteroatoms. The third kappa shape index (κ3) is 4.72. The smallest absolute Gasteiger partial charge is 0.228 e. The van der Waals surface area contributed by atoms with Crippen LogP contribution in [0.4, 0.5) is 5.69 Å².